The van der Waals surface area contributed by atoms with Crippen LogP contribution in [0.5, 0.6) is 11.5 Å². The van der Waals surface area contributed by atoms with Crippen LogP contribution in [-0.4, -0.2) is 17.2 Å². The maximum atomic E-state index is 12.5. The molecule has 2 N–H and O–H groups in total. The molecule has 34 heavy (non-hydrogen) atoms. The van der Waals surface area contributed by atoms with Crippen LogP contribution in [0.3, 0.4) is 0 Å². The normalized spacial score (nSPS) is 11.2. The van der Waals surface area contributed by atoms with Crippen LogP contribution in [0.25, 0.3) is 21.5 Å². The first-order valence-corrected chi connectivity index (χ1v) is 10.9. The number of nitrogens with one attached hydrogen (secondary N) is 1. The number of hydrogen-bond donors (Lipinski definition) is 2. The summed E-state index contributed by atoms with van der Waals surface area (Å²) in [6, 6.07) is 32.6. The van der Waals surface area contributed by atoms with Gasteiger partial charge in [-0.25, -0.2) is 5.43 Å². The van der Waals surface area contributed by atoms with Crippen molar-refractivity contribution in [1.29, 1.82) is 0 Å². The number of fused-ring (bicyclic) bond motifs is 2. The molecular weight excluding hydrogens is 424 g/mol. The second kappa shape index (κ2) is 9.46. The number of amides is 1. The Labute approximate surface area is 196 Å². The second-order valence-corrected chi connectivity index (χ2v) is 7.91. The average Bonchev–Trinajstić information content (AvgIpc) is 2.87. The molecule has 0 unspecified atom stereocenters. The van der Waals surface area contributed by atoms with Crippen LogP contribution in [0, 0.1) is 0 Å². The molecule has 0 fully saturated rings. The van der Waals surface area contributed by atoms with Crippen LogP contribution < -0.4 is 10.2 Å². The van der Waals surface area contributed by atoms with E-state index in [1.807, 2.05) is 66.7 Å². The van der Waals surface area contributed by atoms with Gasteiger partial charge in [-0.05, 0) is 69.1 Å². The smallest absolute Gasteiger partial charge is 0.275 e. The maximum absolute atomic E-state index is 12.5. The molecule has 0 heterocycles. The topological polar surface area (TPSA) is 70.9 Å². The number of ether oxygens (including phenoxy) is 1. The van der Waals surface area contributed by atoms with Gasteiger partial charge in [0, 0.05) is 0 Å². The van der Waals surface area contributed by atoms with Crippen molar-refractivity contribution in [2.75, 3.05) is 0 Å². The van der Waals surface area contributed by atoms with E-state index in [2.05, 4.69) is 34.8 Å². The van der Waals surface area contributed by atoms with Gasteiger partial charge in [0.05, 0.1) is 11.8 Å². The predicted octanol–water partition coefficient (Wildman–Crippen LogP) is 6.04. The van der Waals surface area contributed by atoms with Gasteiger partial charge in [0.2, 0.25) is 0 Å². The van der Waals surface area contributed by atoms with Gasteiger partial charge < -0.3 is 9.84 Å². The number of aromatic hydroxyl groups is 1. The monoisotopic (exact) mass is 446 g/mol. The van der Waals surface area contributed by atoms with Crippen molar-refractivity contribution >= 4 is 33.7 Å². The van der Waals surface area contributed by atoms with Crippen molar-refractivity contribution in [1.82, 2.24) is 5.43 Å². The molecule has 5 rings (SSSR count). The summed E-state index contributed by atoms with van der Waals surface area (Å²) in [4.78, 5) is 12.5. The van der Waals surface area contributed by atoms with E-state index in [0.29, 0.717) is 6.61 Å². The van der Waals surface area contributed by atoms with E-state index in [1.165, 1.54) is 10.8 Å². The number of carbonyl (C=O) groups is 1. The first-order chi connectivity index (χ1) is 16.7. The van der Waals surface area contributed by atoms with Gasteiger partial charge in [0.25, 0.3) is 5.91 Å². The summed E-state index contributed by atoms with van der Waals surface area (Å²) in [7, 11) is 0. The van der Waals surface area contributed by atoms with Crippen molar-refractivity contribution < 1.29 is 14.6 Å². The van der Waals surface area contributed by atoms with E-state index >= 15 is 0 Å². The van der Waals surface area contributed by atoms with Gasteiger partial charge in [-0.2, -0.15) is 5.10 Å². The van der Waals surface area contributed by atoms with E-state index in [0.717, 1.165) is 27.6 Å². The van der Waals surface area contributed by atoms with E-state index < -0.39 is 5.91 Å². The number of nitrogens with zero attached hydrogens (tertiary/aromatic N) is 1. The van der Waals surface area contributed by atoms with Crippen molar-refractivity contribution in [2.45, 2.75) is 6.61 Å². The lowest BCUT2D eigenvalue weighted by molar-refractivity contribution is 0.0952. The van der Waals surface area contributed by atoms with Crippen LogP contribution in [0.4, 0.5) is 0 Å². The number of carbonyl (C=O) groups excluding carboxylic acids is 1. The van der Waals surface area contributed by atoms with E-state index in [9.17, 15) is 9.90 Å². The van der Waals surface area contributed by atoms with Crippen LogP contribution in [0.2, 0.25) is 0 Å². The highest BCUT2D eigenvalue weighted by molar-refractivity contribution is 6.01. The first-order valence-electron chi connectivity index (χ1n) is 10.9. The molecule has 0 saturated carbocycles. The molecule has 166 valence electrons. The van der Waals surface area contributed by atoms with Crippen LogP contribution in [0.15, 0.2) is 108 Å². The quantitative estimate of drug-likeness (QED) is 0.247. The highest BCUT2D eigenvalue weighted by atomic mass is 16.5. The minimum absolute atomic E-state index is 0.0842. The molecule has 0 aliphatic rings. The summed E-state index contributed by atoms with van der Waals surface area (Å²) < 4.78 is 5.96. The molecule has 5 heteroatoms. The molecule has 0 bridgehead atoms. The minimum atomic E-state index is -0.477. The van der Waals surface area contributed by atoms with Gasteiger partial charge in [0.15, 0.2) is 0 Å². The number of phenolic OH excluding ortho intramolecular Hbond substituents is 1. The molecule has 5 nitrogen and oxygen atoms in total. The number of phenols is 1. The standard InChI is InChI=1S/C29H22N2O3/c32-28-17-23-8-2-1-7-22(23)16-27(28)29(33)31-30-18-20-12-14-25(15-13-20)34-19-24-10-5-9-21-6-3-4-11-26(21)24/h1-18,32H,19H2,(H,31,33)/b30-18+. The van der Waals surface area contributed by atoms with Gasteiger partial charge in [-0.15, -0.1) is 0 Å². The fourth-order valence-corrected chi connectivity index (χ4v) is 3.87. The summed E-state index contributed by atoms with van der Waals surface area (Å²) in [6.45, 7) is 0.472. The zero-order valence-electron chi connectivity index (χ0n) is 18.3. The Morgan fingerprint density at radius 2 is 1.50 bits per heavy atom. The molecule has 5 aromatic rings. The summed E-state index contributed by atoms with van der Waals surface area (Å²) in [6.07, 6.45) is 1.55. The van der Waals surface area contributed by atoms with Gasteiger partial charge >= 0.3 is 0 Å². The second-order valence-electron chi connectivity index (χ2n) is 7.91. The molecule has 0 aliphatic carbocycles. The fourth-order valence-electron chi connectivity index (χ4n) is 3.87. The lowest BCUT2D eigenvalue weighted by atomic mass is 10.1. The SMILES string of the molecule is O=C(N/N=C/c1ccc(OCc2cccc3ccccc23)cc1)c1cc2ccccc2cc1O. The molecule has 0 aliphatic heterocycles. The van der Waals surface area contributed by atoms with Gasteiger partial charge in [-0.1, -0.05) is 66.7 Å². The number of rotatable bonds is 6. The Balaban J connectivity index is 1.21. The molecule has 0 radical (unpaired) electrons. The third-order valence-electron chi connectivity index (χ3n) is 5.64. The molecule has 0 aromatic heterocycles. The molecule has 5 aromatic carbocycles. The molecule has 0 atom stereocenters. The fraction of sp³-hybridized carbons (Fsp3) is 0.0345. The number of hydrazone groups is 1. The van der Waals surface area contributed by atoms with Gasteiger partial charge in [-0.3, -0.25) is 4.79 Å². The zero-order valence-corrected chi connectivity index (χ0v) is 18.3. The lowest BCUT2D eigenvalue weighted by Gasteiger charge is -2.09. The Hall–Kier alpha value is -4.64. The molecule has 0 saturated heterocycles. The van der Waals surface area contributed by atoms with E-state index in [4.69, 9.17) is 4.74 Å². The van der Waals surface area contributed by atoms with Crippen molar-refractivity contribution in [3.8, 4) is 11.5 Å². The van der Waals surface area contributed by atoms with E-state index in [1.54, 1.807) is 18.3 Å². The van der Waals surface area contributed by atoms with Crippen LogP contribution in [-0.2, 0) is 6.61 Å². The lowest BCUT2D eigenvalue weighted by Crippen LogP contribution is -2.17. The zero-order chi connectivity index (χ0) is 23.3. The van der Waals surface area contributed by atoms with E-state index in [-0.39, 0.29) is 11.3 Å². The molecule has 1 amide bonds. The molecular formula is C29H22N2O3. The Bertz CT molecular complexity index is 1500. The largest absolute Gasteiger partial charge is 0.507 e. The third-order valence-corrected chi connectivity index (χ3v) is 5.64. The first kappa shape index (κ1) is 21.2. The van der Waals surface area contributed by atoms with Crippen molar-refractivity contribution in [2.24, 2.45) is 5.10 Å². The Kier molecular flexibility index (Phi) is 5.91. The maximum Gasteiger partial charge on any atom is 0.275 e. The Morgan fingerprint density at radius 3 is 2.29 bits per heavy atom. The van der Waals surface area contributed by atoms with Gasteiger partial charge in [0.1, 0.15) is 18.1 Å². The number of hydrogen-bond acceptors (Lipinski definition) is 4. The predicted molar refractivity (Wildman–Crippen MR) is 135 cm³/mol. The highest BCUT2D eigenvalue weighted by Gasteiger charge is 2.11. The highest BCUT2D eigenvalue weighted by Crippen LogP contribution is 2.25. The average molecular weight is 447 g/mol. The summed E-state index contributed by atoms with van der Waals surface area (Å²) in [5.41, 5.74) is 4.58. The van der Waals surface area contributed by atoms with Crippen molar-refractivity contribution in [3.63, 3.8) is 0 Å². The summed E-state index contributed by atoms with van der Waals surface area (Å²) in [5.74, 6) is 0.184. The minimum Gasteiger partial charge on any atom is -0.507 e. The van der Waals surface area contributed by atoms with Crippen molar-refractivity contribution in [3.05, 3.63) is 120 Å². The Morgan fingerprint density at radius 1 is 0.824 bits per heavy atom. The van der Waals surface area contributed by atoms with Crippen LogP contribution in [0.1, 0.15) is 21.5 Å². The van der Waals surface area contributed by atoms with Crippen LogP contribution >= 0.6 is 0 Å². The summed E-state index contributed by atoms with van der Waals surface area (Å²) in [5, 5.41) is 18.3. The number of benzene rings is 5. The third kappa shape index (κ3) is 4.59. The summed E-state index contributed by atoms with van der Waals surface area (Å²) >= 11 is 0. The molecule has 0 spiro atoms.